The number of nitrogens with zero attached hydrogens (tertiary/aromatic N) is 1. The maximum atomic E-state index is 13.4. The Morgan fingerprint density at radius 1 is 1.15 bits per heavy atom. The molecule has 1 amide bonds. The van der Waals surface area contributed by atoms with Crippen LogP contribution in [0.2, 0.25) is 5.02 Å². The van der Waals surface area contributed by atoms with Crippen molar-refractivity contribution in [3.8, 4) is 11.1 Å². The van der Waals surface area contributed by atoms with Gasteiger partial charge in [-0.15, -0.1) is 0 Å². The number of pyridine rings is 1. The number of nitrogens with one attached hydrogen (secondary N) is 2. The molecule has 0 radical (unpaired) electrons. The van der Waals surface area contributed by atoms with E-state index >= 15 is 0 Å². The number of likely N-dealkylation sites (tertiary alicyclic amines) is 1. The Bertz CT molecular complexity index is 1210. The van der Waals surface area contributed by atoms with E-state index in [1.807, 2.05) is 24.0 Å². The van der Waals surface area contributed by atoms with E-state index in [1.165, 1.54) is 18.6 Å². The molecular weight excluding hydrogens is 449 g/mol. The number of hydrogen-bond acceptors (Lipinski definition) is 4. The van der Waals surface area contributed by atoms with Gasteiger partial charge in [-0.2, -0.15) is 0 Å². The molecule has 1 aliphatic heterocycles. The number of carbonyl (C=O) groups excluding carboxylic acids is 1. The van der Waals surface area contributed by atoms with Crippen LogP contribution in [0.4, 0.5) is 10.1 Å². The van der Waals surface area contributed by atoms with E-state index in [4.69, 9.17) is 21.5 Å². The first-order valence-corrected chi connectivity index (χ1v) is 11.0. The Morgan fingerprint density at radius 3 is 2.52 bits per heavy atom. The highest BCUT2D eigenvalue weighted by Crippen LogP contribution is 2.33. The number of carboxylic acid groups (broad SMARTS) is 1. The molecule has 7 nitrogen and oxygen atoms in total. The van der Waals surface area contributed by atoms with Crippen molar-refractivity contribution in [1.82, 2.24) is 9.88 Å². The van der Waals surface area contributed by atoms with Crippen LogP contribution in [0.5, 0.6) is 0 Å². The summed E-state index contributed by atoms with van der Waals surface area (Å²) in [6.07, 6.45) is 4.83. The molecule has 0 spiro atoms. The highest BCUT2D eigenvalue weighted by Gasteiger charge is 2.22. The fourth-order valence-corrected chi connectivity index (χ4v) is 4.25. The van der Waals surface area contributed by atoms with Crippen molar-refractivity contribution >= 4 is 40.4 Å². The predicted octanol–water partition coefficient (Wildman–Crippen LogP) is 4.50. The number of carbonyl (C=O) groups is 2. The minimum atomic E-state index is -0.420. The molecule has 2 aromatic carbocycles. The number of H-pyrrole nitrogens is 1. The number of halogens is 2. The number of aromatic amines is 1. The van der Waals surface area contributed by atoms with Gasteiger partial charge in [-0.1, -0.05) is 17.7 Å². The molecule has 1 fully saturated rings. The van der Waals surface area contributed by atoms with Crippen LogP contribution in [0.1, 0.15) is 26.2 Å². The lowest BCUT2D eigenvalue weighted by molar-refractivity contribution is -0.132. The zero-order valence-corrected chi connectivity index (χ0v) is 18.9. The first-order chi connectivity index (χ1) is 15.8. The third-order valence-electron chi connectivity index (χ3n) is 5.54. The van der Waals surface area contributed by atoms with Crippen molar-refractivity contribution in [3.63, 3.8) is 0 Å². The summed E-state index contributed by atoms with van der Waals surface area (Å²) in [5, 5.41) is 11.5. The molecule has 0 saturated carbocycles. The van der Waals surface area contributed by atoms with Crippen molar-refractivity contribution < 1.29 is 19.1 Å². The van der Waals surface area contributed by atoms with E-state index in [-0.39, 0.29) is 23.0 Å². The molecule has 4 rings (SSSR count). The summed E-state index contributed by atoms with van der Waals surface area (Å²) in [6.45, 7) is 3.17. The fraction of sp³-hybridized carbons (Fsp3) is 0.292. The Labute approximate surface area is 195 Å². The highest BCUT2D eigenvalue weighted by molar-refractivity contribution is 6.33. The normalized spacial score (nSPS) is 14.2. The number of aromatic nitrogens is 1. The highest BCUT2D eigenvalue weighted by atomic mass is 35.5. The minimum Gasteiger partial charge on any atom is -0.483 e. The van der Waals surface area contributed by atoms with Gasteiger partial charge in [0.2, 0.25) is 5.91 Å². The van der Waals surface area contributed by atoms with E-state index in [9.17, 15) is 14.0 Å². The molecule has 1 aliphatic rings. The minimum absolute atomic E-state index is 0.0653. The number of amides is 1. The van der Waals surface area contributed by atoms with E-state index in [0.29, 0.717) is 27.6 Å². The van der Waals surface area contributed by atoms with Gasteiger partial charge >= 0.3 is 0 Å². The van der Waals surface area contributed by atoms with Crippen LogP contribution in [0.25, 0.3) is 21.9 Å². The smallest absolute Gasteiger partial charge is 0.290 e. The zero-order chi connectivity index (χ0) is 24.0. The molecule has 1 aromatic heterocycles. The van der Waals surface area contributed by atoms with Gasteiger partial charge < -0.3 is 20.3 Å². The third kappa shape index (κ3) is 5.70. The molecule has 0 bridgehead atoms. The lowest BCUT2D eigenvalue weighted by Gasteiger charge is -2.29. The largest absolute Gasteiger partial charge is 0.483 e. The van der Waals surface area contributed by atoms with Gasteiger partial charge in [0.25, 0.3) is 12.0 Å². The average Bonchev–Trinajstić information content (AvgIpc) is 2.81. The van der Waals surface area contributed by atoms with Crippen molar-refractivity contribution in [2.45, 2.75) is 32.2 Å². The van der Waals surface area contributed by atoms with Crippen LogP contribution in [-0.2, 0) is 9.59 Å². The summed E-state index contributed by atoms with van der Waals surface area (Å²) < 4.78 is 13.4. The van der Waals surface area contributed by atoms with Crippen molar-refractivity contribution in [2.24, 2.45) is 0 Å². The summed E-state index contributed by atoms with van der Waals surface area (Å²) in [5.74, 6) is -0.355. The molecule has 1 saturated heterocycles. The number of hydrogen-bond donors (Lipinski definition) is 3. The first kappa shape index (κ1) is 24.3. The molecule has 3 aromatic rings. The molecule has 174 valence electrons. The summed E-state index contributed by atoms with van der Waals surface area (Å²) in [4.78, 5) is 38.1. The van der Waals surface area contributed by atoms with Crippen LogP contribution in [0.3, 0.4) is 0 Å². The van der Waals surface area contributed by atoms with Gasteiger partial charge in [0.15, 0.2) is 0 Å². The molecule has 3 N–H and O–H groups in total. The van der Waals surface area contributed by atoms with Gasteiger partial charge in [-0.25, -0.2) is 4.39 Å². The van der Waals surface area contributed by atoms with E-state index in [1.54, 1.807) is 18.3 Å². The molecule has 33 heavy (non-hydrogen) atoms. The van der Waals surface area contributed by atoms with Crippen LogP contribution in [0, 0.1) is 5.82 Å². The Morgan fingerprint density at radius 2 is 1.85 bits per heavy atom. The second-order valence-electron chi connectivity index (χ2n) is 7.77. The lowest BCUT2D eigenvalue weighted by atomic mass is 10.00. The number of fused-ring (bicyclic) bond motifs is 1. The SMILES string of the molecule is CC(Nc1ccc2c(-c3ccc(F)cc3Cl)c[nH]c(=O)c2c1)C(=O)N1CCCCC1.O=CO. The first-order valence-electron chi connectivity index (χ1n) is 10.6. The topological polar surface area (TPSA) is 103 Å². The van der Waals surface area contributed by atoms with Gasteiger partial charge in [-0.3, -0.25) is 14.4 Å². The summed E-state index contributed by atoms with van der Waals surface area (Å²) >= 11 is 6.23. The van der Waals surface area contributed by atoms with Gasteiger partial charge in [0, 0.05) is 41.5 Å². The van der Waals surface area contributed by atoms with Crippen molar-refractivity contribution in [3.05, 3.63) is 63.8 Å². The molecule has 1 atom stereocenters. The standard InChI is InChI=1S/C23H23ClFN3O2.CH2O2/c1-14(23(30)28-9-3-2-4-10-28)27-16-6-8-17-19(12-16)22(29)26-13-20(17)18-7-5-15(25)11-21(18)24;2-1-3/h5-8,11-14,27H,2-4,9-10H2,1H3,(H,26,29);1H,(H,2,3). The number of rotatable bonds is 4. The Balaban J connectivity index is 0.000000968. The Hall–Kier alpha value is -3.39. The summed E-state index contributed by atoms with van der Waals surface area (Å²) in [7, 11) is 0. The van der Waals surface area contributed by atoms with Gasteiger partial charge in [0.05, 0.1) is 5.02 Å². The maximum absolute atomic E-state index is 13.4. The second-order valence-corrected chi connectivity index (χ2v) is 8.18. The quantitative estimate of drug-likeness (QED) is 0.484. The van der Waals surface area contributed by atoms with Crippen LogP contribution >= 0.6 is 11.6 Å². The average molecular weight is 474 g/mol. The van der Waals surface area contributed by atoms with Crippen LogP contribution in [-0.4, -0.2) is 46.5 Å². The van der Waals surface area contributed by atoms with Crippen LogP contribution < -0.4 is 10.9 Å². The van der Waals surface area contributed by atoms with E-state index in [0.717, 1.165) is 25.9 Å². The number of anilines is 1. The van der Waals surface area contributed by atoms with Gasteiger partial charge in [0.1, 0.15) is 11.9 Å². The summed E-state index contributed by atoms with van der Waals surface area (Å²) in [6, 6.07) is 9.17. The fourth-order valence-electron chi connectivity index (χ4n) is 3.98. The maximum Gasteiger partial charge on any atom is 0.290 e. The monoisotopic (exact) mass is 473 g/mol. The Kier molecular flexibility index (Phi) is 8.06. The molecule has 1 unspecified atom stereocenters. The molecule has 9 heteroatoms. The second kappa shape index (κ2) is 11.0. The predicted molar refractivity (Wildman–Crippen MR) is 127 cm³/mol. The number of benzene rings is 2. The molecule has 0 aliphatic carbocycles. The summed E-state index contributed by atoms with van der Waals surface area (Å²) in [5.41, 5.74) is 1.78. The third-order valence-corrected chi connectivity index (χ3v) is 5.86. The van der Waals surface area contributed by atoms with Crippen molar-refractivity contribution in [2.75, 3.05) is 18.4 Å². The lowest BCUT2D eigenvalue weighted by Crippen LogP contribution is -2.43. The molecular formula is C24H25ClFN3O4. The van der Waals surface area contributed by atoms with Crippen LogP contribution in [0.15, 0.2) is 47.4 Å². The van der Waals surface area contributed by atoms with E-state index < -0.39 is 11.9 Å². The van der Waals surface area contributed by atoms with Crippen molar-refractivity contribution in [1.29, 1.82) is 0 Å². The van der Waals surface area contributed by atoms with Gasteiger partial charge in [-0.05, 0) is 61.9 Å². The molecule has 2 heterocycles. The number of piperidine rings is 1. The zero-order valence-electron chi connectivity index (χ0n) is 18.1. The van der Waals surface area contributed by atoms with E-state index in [2.05, 4.69) is 10.3 Å².